The molecule has 0 unspecified atom stereocenters. The number of aromatic nitrogens is 1. The number of carbonyl (C=O) groups excluding carboxylic acids is 4. The number of rotatable bonds is 2. The van der Waals surface area contributed by atoms with E-state index in [0.717, 1.165) is 16.0 Å². The molecule has 3 aromatic rings. The summed E-state index contributed by atoms with van der Waals surface area (Å²) in [6.07, 6.45) is 0. The molecular weight excluding hydrogens is 352 g/mol. The smallest absolute Gasteiger partial charge is 0.287 e. The number of hydrogen-bond acceptors (Lipinski definition) is 6. The van der Waals surface area contributed by atoms with Gasteiger partial charge in [0.15, 0.2) is 0 Å². The standard InChI is InChI=1S/C19H12N2O4S/c1-10-6-2-4-8-12(10)21-18(24)15(22)14(16(23)19(21)25)17-20-11-7-3-5-9-13(11)26-17/h2-9,14H,1H3. The number of hydrogen-bond donors (Lipinski definition) is 0. The van der Waals surface area contributed by atoms with Crippen LogP contribution in [0.15, 0.2) is 48.5 Å². The third-order valence-corrected chi connectivity index (χ3v) is 5.37. The fourth-order valence-corrected chi connectivity index (χ4v) is 4.02. The van der Waals surface area contributed by atoms with E-state index in [1.165, 1.54) is 6.07 Å². The first-order chi connectivity index (χ1) is 12.5. The molecule has 1 aliphatic heterocycles. The lowest BCUT2D eigenvalue weighted by Gasteiger charge is -2.27. The van der Waals surface area contributed by atoms with Gasteiger partial charge < -0.3 is 0 Å². The molecule has 0 aliphatic carbocycles. The predicted octanol–water partition coefficient (Wildman–Crippen LogP) is 2.40. The van der Waals surface area contributed by atoms with Crippen LogP contribution in [0, 0.1) is 6.92 Å². The lowest BCUT2D eigenvalue weighted by Crippen LogP contribution is -2.54. The van der Waals surface area contributed by atoms with Crippen LogP contribution >= 0.6 is 11.3 Å². The summed E-state index contributed by atoms with van der Waals surface area (Å²) in [5.74, 6) is -5.34. The Morgan fingerprint density at radius 3 is 2.15 bits per heavy atom. The number of Topliss-reactive ketones (excluding diaryl/α,β-unsaturated/α-hetero) is 2. The number of benzene rings is 2. The number of carbonyl (C=O) groups is 4. The molecule has 6 nitrogen and oxygen atoms in total. The third kappa shape index (κ3) is 2.36. The minimum atomic E-state index is -1.47. The molecule has 0 radical (unpaired) electrons. The Balaban J connectivity index is 1.78. The number of imide groups is 1. The fourth-order valence-electron chi connectivity index (χ4n) is 2.95. The average Bonchev–Trinajstić information content (AvgIpc) is 3.05. The average molecular weight is 364 g/mol. The summed E-state index contributed by atoms with van der Waals surface area (Å²) in [5.41, 5.74) is 1.48. The molecular formula is C19H12N2O4S. The van der Waals surface area contributed by atoms with Crippen molar-refractivity contribution in [3.63, 3.8) is 0 Å². The van der Waals surface area contributed by atoms with Crippen molar-refractivity contribution in [1.29, 1.82) is 0 Å². The molecule has 4 rings (SSSR count). The van der Waals surface area contributed by atoms with Gasteiger partial charge in [-0.15, -0.1) is 11.3 Å². The number of piperidine rings is 1. The maximum atomic E-state index is 12.7. The number of nitrogens with zero attached hydrogens (tertiary/aromatic N) is 2. The van der Waals surface area contributed by atoms with Gasteiger partial charge in [0.05, 0.1) is 15.9 Å². The van der Waals surface area contributed by atoms with Gasteiger partial charge >= 0.3 is 11.8 Å². The van der Waals surface area contributed by atoms with Gasteiger partial charge in [0.25, 0.3) is 0 Å². The van der Waals surface area contributed by atoms with Crippen molar-refractivity contribution in [3.8, 4) is 0 Å². The van der Waals surface area contributed by atoms with Gasteiger partial charge in [0.1, 0.15) is 10.9 Å². The van der Waals surface area contributed by atoms with Crippen LogP contribution in [0.2, 0.25) is 0 Å². The van der Waals surface area contributed by atoms with Crippen LogP contribution in [0.1, 0.15) is 16.5 Å². The fraction of sp³-hybridized carbons (Fsp3) is 0.105. The second kappa shape index (κ2) is 5.96. The summed E-state index contributed by atoms with van der Waals surface area (Å²) in [7, 11) is 0. The summed E-state index contributed by atoms with van der Waals surface area (Å²) in [6.45, 7) is 1.70. The van der Waals surface area contributed by atoms with Crippen LogP contribution in [-0.2, 0) is 19.2 Å². The van der Waals surface area contributed by atoms with E-state index in [1.54, 1.807) is 43.3 Å². The first kappa shape index (κ1) is 16.3. The summed E-state index contributed by atoms with van der Waals surface area (Å²) < 4.78 is 0.782. The van der Waals surface area contributed by atoms with Gasteiger partial charge in [0.2, 0.25) is 11.6 Å². The molecule has 1 fully saturated rings. The molecule has 0 bridgehead atoms. The van der Waals surface area contributed by atoms with Crippen LogP contribution in [0.5, 0.6) is 0 Å². The Labute approximate surface area is 152 Å². The molecule has 2 amide bonds. The molecule has 0 atom stereocenters. The minimum Gasteiger partial charge on any atom is -0.287 e. The Bertz CT molecular complexity index is 1040. The van der Waals surface area contributed by atoms with Crippen LogP contribution in [-0.4, -0.2) is 28.4 Å². The number of anilines is 1. The largest absolute Gasteiger partial charge is 0.302 e. The molecule has 128 valence electrons. The van der Waals surface area contributed by atoms with Crippen LogP contribution < -0.4 is 4.90 Å². The number of para-hydroxylation sites is 2. The molecule has 1 aromatic heterocycles. The van der Waals surface area contributed by atoms with Gasteiger partial charge in [-0.2, -0.15) is 0 Å². The molecule has 0 spiro atoms. The molecule has 0 N–H and O–H groups in total. The lowest BCUT2D eigenvalue weighted by molar-refractivity contribution is -0.149. The number of ketones is 2. The third-order valence-electron chi connectivity index (χ3n) is 4.27. The minimum absolute atomic E-state index is 0.173. The monoisotopic (exact) mass is 364 g/mol. The van der Waals surface area contributed by atoms with Gasteiger partial charge in [-0.3, -0.25) is 19.2 Å². The van der Waals surface area contributed by atoms with Crippen LogP contribution in [0.4, 0.5) is 5.69 Å². The van der Waals surface area contributed by atoms with Gasteiger partial charge in [-0.05, 0) is 30.7 Å². The highest BCUT2D eigenvalue weighted by molar-refractivity contribution is 7.19. The quantitative estimate of drug-likeness (QED) is 0.396. The first-order valence-electron chi connectivity index (χ1n) is 7.86. The Morgan fingerprint density at radius 1 is 0.885 bits per heavy atom. The summed E-state index contributed by atoms with van der Waals surface area (Å²) in [5, 5.41) is 0.173. The van der Waals surface area contributed by atoms with E-state index < -0.39 is 29.3 Å². The van der Waals surface area contributed by atoms with Crippen molar-refractivity contribution in [2.24, 2.45) is 0 Å². The molecule has 1 aliphatic rings. The van der Waals surface area contributed by atoms with E-state index in [1.807, 2.05) is 6.07 Å². The summed E-state index contributed by atoms with van der Waals surface area (Å²) >= 11 is 1.14. The van der Waals surface area contributed by atoms with Crippen LogP contribution in [0.3, 0.4) is 0 Å². The van der Waals surface area contributed by atoms with E-state index in [0.29, 0.717) is 16.0 Å². The van der Waals surface area contributed by atoms with Gasteiger partial charge in [-0.1, -0.05) is 30.3 Å². The zero-order chi connectivity index (χ0) is 18.4. The summed E-state index contributed by atoms with van der Waals surface area (Å²) in [4.78, 5) is 55.5. The zero-order valence-electron chi connectivity index (χ0n) is 13.6. The number of thiazole rings is 1. The highest BCUT2D eigenvalue weighted by atomic mass is 32.1. The van der Waals surface area contributed by atoms with Crippen LogP contribution in [0.25, 0.3) is 10.2 Å². The Morgan fingerprint density at radius 2 is 1.50 bits per heavy atom. The molecule has 7 heteroatoms. The first-order valence-corrected chi connectivity index (χ1v) is 8.68. The van der Waals surface area contributed by atoms with E-state index in [2.05, 4.69) is 4.98 Å². The van der Waals surface area contributed by atoms with Crippen molar-refractivity contribution in [2.45, 2.75) is 12.8 Å². The lowest BCUT2D eigenvalue weighted by atomic mass is 9.92. The number of fused-ring (bicyclic) bond motifs is 1. The topological polar surface area (TPSA) is 84.4 Å². The van der Waals surface area contributed by atoms with E-state index in [9.17, 15) is 19.2 Å². The molecule has 2 heterocycles. The van der Waals surface area contributed by atoms with E-state index in [-0.39, 0.29) is 10.7 Å². The van der Waals surface area contributed by atoms with Crippen molar-refractivity contribution < 1.29 is 19.2 Å². The van der Waals surface area contributed by atoms with Gasteiger partial charge in [-0.25, -0.2) is 9.88 Å². The normalized spacial score (nSPS) is 16.0. The van der Waals surface area contributed by atoms with Crippen molar-refractivity contribution in [2.75, 3.05) is 4.90 Å². The second-order valence-electron chi connectivity index (χ2n) is 5.91. The maximum Gasteiger partial charge on any atom is 0.302 e. The van der Waals surface area contributed by atoms with E-state index >= 15 is 0 Å². The number of aryl methyl sites for hydroxylation is 1. The molecule has 2 aromatic carbocycles. The zero-order valence-corrected chi connectivity index (χ0v) is 14.4. The molecule has 1 saturated heterocycles. The Hall–Kier alpha value is -3.19. The molecule has 0 saturated carbocycles. The molecule has 26 heavy (non-hydrogen) atoms. The van der Waals surface area contributed by atoms with Crippen molar-refractivity contribution in [3.05, 3.63) is 59.1 Å². The maximum absolute atomic E-state index is 12.7. The number of amides is 2. The predicted molar refractivity (Wildman–Crippen MR) is 96.0 cm³/mol. The van der Waals surface area contributed by atoms with E-state index in [4.69, 9.17) is 0 Å². The van der Waals surface area contributed by atoms with Crippen molar-refractivity contribution >= 4 is 50.6 Å². The highest BCUT2D eigenvalue weighted by Crippen LogP contribution is 2.33. The highest BCUT2D eigenvalue weighted by Gasteiger charge is 2.50. The van der Waals surface area contributed by atoms with Crippen molar-refractivity contribution in [1.82, 2.24) is 4.98 Å². The van der Waals surface area contributed by atoms with Gasteiger partial charge in [0, 0.05) is 0 Å². The Kier molecular flexibility index (Phi) is 3.73. The second-order valence-corrected chi connectivity index (χ2v) is 6.98. The summed E-state index contributed by atoms with van der Waals surface area (Å²) in [6, 6.07) is 13.8. The SMILES string of the molecule is Cc1ccccc1N1C(=O)C(=O)C(c2nc3ccccc3s2)C(=O)C1=O.